The van der Waals surface area contributed by atoms with Gasteiger partial charge in [-0.1, -0.05) is 6.07 Å². The van der Waals surface area contributed by atoms with Crippen molar-refractivity contribution in [3.05, 3.63) is 54.9 Å². The Morgan fingerprint density at radius 2 is 1.89 bits per heavy atom. The lowest BCUT2D eigenvalue weighted by atomic mass is 10.1. The van der Waals surface area contributed by atoms with Crippen LogP contribution >= 0.6 is 0 Å². The normalized spacial score (nSPS) is 16.5. The maximum absolute atomic E-state index is 12.2. The van der Waals surface area contributed by atoms with Gasteiger partial charge in [0.15, 0.2) is 0 Å². The molecule has 2 aliphatic rings. The van der Waals surface area contributed by atoms with Crippen LogP contribution in [0.2, 0.25) is 0 Å². The summed E-state index contributed by atoms with van der Waals surface area (Å²) < 4.78 is 0. The number of likely N-dealkylation sites (N-methyl/N-ethyl adjacent to an activating group) is 1. The highest BCUT2D eigenvalue weighted by atomic mass is 16.2. The molecule has 186 valence electrons. The SMILES string of the molecule is CN1CCN(c2cccc3[nH]c(-c4n[nH]c5ccc(-c6cncc(NC(=O)C7CC7)c6)nc45)cc23)CC1. The molecule has 1 amide bonds. The van der Waals surface area contributed by atoms with Gasteiger partial charge in [-0.3, -0.25) is 14.9 Å². The second kappa shape index (κ2) is 8.70. The fourth-order valence-electron chi connectivity index (χ4n) is 5.08. The lowest BCUT2D eigenvalue weighted by Crippen LogP contribution is -2.44. The second-order valence-electron chi connectivity index (χ2n) is 10.1. The zero-order chi connectivity index (χ0) is 24.9. The molecule has 7 rings (SSSR count). The molecular formula is C28H28N8O. The number of amides is 1. The number of rotatable bonds is 5. The van der Waals surface area contributed by atoms with E-state index in [0.717, 1.165) is 78.2 Å². The predicted molar refractivity (Wildman–Crippen MR) is 145 cm³/mol. The number of pyridine rings is 2. The topological polar surface area (TPSA) is 106 Å². The van der Waals surface area contributed by atoms with Gasteiger partial charge >= 0.3 is 0 Å². The van der Waals surface area contributed by atoms with Crippen molar-refractivity contribution < 1.29 is 4.79 Å². The molecule has 0 spiro atoms. The average molecular weight is 493 g/mol. The van der Waals surface area contributed by atoms with Gasteiger partial charge < -0.3 is 20.1 Å². The van der Waals surface area contributed by atoms with Gasteiger partial charge in [0.2, 0.25) is 5.91 Å². The Kier molecular flexibility index (Phi) is 5.17. The minimum Gasteiger partial charge on any atom is -0.368 e. The number of piperazine rings is 1. The number of hydrogen-bond acceptors (Lipinski definition) is 6. The third-order valence-corrected chi connectivity index (χ3v) is 7.40. The summed E-state index contributed by atoms with van der Waals surface area (Å²) in [5, 5.41) is 11.9. The standard InChI is InChI=1S/C28H28N8O/c1-35-9-11-36(12-10-35)25-4-2-3-22-20(25)14-24(31-22)27-26-23(33-34-27)8-7-21(32-26)18-13-19(16-29-15-18)30-28(37)17-5-6-17/h2-4,7-8,13-17,31H,5-6,9-12H2,1H3,(H,30,37)(H,33,34). The van der Waals surface area contributed by atoms with E-state index in [0.29, 0.717) is 5.69 Å². The number of nitrogens with one attached hydrogen (secondary N) is 3. The van der Waals surface area contributed by atoms with Gasteiger partial charge in [-0.05, 0) is 56.3 Å². The Morgan fingerprint density at radius 1 is 1.03 bits per heavy atom. The van der Waals surface area contributed by atoms with Crippen LogP contribution in [0.25, 0.3) is 44.6 Å². The van der Waals surface area contributed by atoms with E-state index in [1.807, 2.05) is 18.2 Å². The summed E-state index contributed by atoms with van der Waals surface area (Å²) in [5.74, 6) is 0.203. The molecule has 0 unspecified atom stereocenters. The maximum Gasteiger partial charge on any atom is 0.227 e. The zero-order valence-electron chi connectivity index (χ0n) is 20.7. The molecule has 1 aliphatic carbocycles. The van der Waals surface area contributed by atoms with Gasteiger partial charge in [0.05, 0.1) is 28.8 Å². The van der Waals surface area contributed by atoms with Crippen molar-refractivity contribution in [3.63, 3.8) is 0 Å². The summed E-state index contributed by atoms with van der Waals surface area (Å²) in [6.45, 7) is 4.15. The third-order valence-electron chi connectivity index (χ3n) is 7.40. The number of hydrogen-bond donors (Lipinski definition) is 3. The first kappa shape index (κ1) is 22.0. The first-order valence-electron chi connectivity index (χ1n) is 12.8. The Hall–Kier alpha value is -4.24. The first-order valence-corrected chi connectivity index (χ1v) is 12.8. The van der Waals surface area contributed by atoms with Crippen molar-refractivity contribution in [3.8, 4) is 22.6 Å². The van der Waals surface area contributed by atoms with E-state index < -0.39 is 0 Å². The molecule has 37 heavy (non-hydrogen) atoms. The number of anilines is 2. The summed E-state index contributed by atoms with van der Waals surface area (Å²) in [7, 11) is 2.17. The third kappa shape index (κ3) is 4.11. The largest absolute Gasteiger partial charge is 0.368 e. The molecule has 1 saturated heterocycles. The van der Waals surface area contributed by atoms with E-state index >= 15 is 0 Å². The van der Waals surface area contributed by atoms with Crippen LogP contribution < -0.4 is 10.2 Å². The highest BCUT2D eigenvalue weighted by Gasteiger charge is 2.29. The highest BCUT2D eigenvalue weighted by molar-refractivity contribution is 5.99. The number of aromatic nitrogens is 5. The van der Waals surface area contributed by atoms with E-state index in [1.165, 1.54) is 11.1 Å². The Balaban J connectivity index is 1.24. The van der Waals surface area contributed by atoms with Crippen LogP contribution in [0.4, 0.5) is 11.4 Å². The summed E-state index contributed by atoms with van der Waals surface area (Å²) in [6.07, 6.45) is 5.37. The molecule has 2 fully saturated rings. The molecule has 1 saturated carbocycles. The molecule has 9 heteroatoms. The van der Waals surface area contributed by atoms with E-state index in [1.54, 1.807) is 12.4 Å². The van der Waals surface area contributed by atoms with Crippen molar-refractivity contribution in [2.24, 2.45) is 5.92 Å². The van der Waals surface area contributed by atoms with Crippen LogP contribution in [0, 0.1) is 5.92 Å². The fraction of sp³-hybridized carbons (Fsp3) is 0.286. The molecule has 1 aliphatic heterocycles. The van der Waals surface area contributed by atoms with Crippen molar-refractivity contribution >= 4 is 39.2 Å². The van der Waals surface area contributed by atoms with Crippen LogP contribution in [0.1, 0.15) is 12.8 Å². The smallest absolute Gasteiger partial charge is 0.227 e. The summed E-state index contributed by atoms with van der Waals surface area (Å²) >= 11 is 0. The summed E-state index contributed by atoms with van der Waals surface area (Å²) in [4.78, 5) is 29.9. The first-order chi connectivity index (χ1) is 18.1. The lowest BCUT2D eigenvalue weighted by Gasteiger charge is -2.34. The number of benzene rings is 1. The van der Waals surface area contributed by atoms with Crippen LogP contribution in [-0.4, -0.2) is 69.2 Å². The summed E-state index contributed by atoms with van der Waals surface area (Å²) in [6, 6.07) is 14.5. The van der Waals surface area contributed by atoms with Crippen LogP contribution in [0.3, 0.4) is 0 Å². The molecular weight excluding hydrogens is 464 g/mol. The van der Waals surface area contributed by atoms with E-state index in [-0.39, 0.29) is 11.8 Å². The van der Waals surface area contributed by atoms with Gasteiger partial charge in [0.1, 0.15) is 11.2 Å². The zero-order valence-corrected chi connectivity index (χ0v) is 20.7. The van der Waals surface area contributed by atoms with Gasteiger partial charge in [0.25, 0.3) is 0 Å². The molecule has 5 heterocycles. The molecule has 0 bridgehead atoms. The number of nitrogens with zero attached hydrogens (tertiary/aromatic N) is 5. The number of H-pyrrole nitrogens is 2. The quantitative estimate of drug-likeness (QED) is 0.338. The molecule has 9 nitrogen and oxygen atoms in total. The Bertz CT molecular complexity index is 1620. The lowest BCUT2D eigenvalue weighted by molar-refractivity contribution is -0.117. The highest BCUT2D eigenvalue weighted by Crippen LogP contribution is 2.34. The molecule has 0 atom stereocenters. The number of aromatic amines is 2. The Morgan fingerprint density at radius 3 is 2.73 bits per heavy atom. The number of carbonyl (C=O) groups is 1. The molecule has 0 radical (unpaired) electrons. The second-order valence-corrected chi connectivity index (χ2v) is 10.1. The molecule has 3 N–H and O–H groups in total. The van der Waals surface area contributed by atoms with Crippen molar-refractivity contribution in [1.82, 2.24) is 30.0 Å². The van der Waals surface area contributed by atoms with Crippen LogP contribution in [-0.2, 0) is 4.79 Å². The van der Waals surface area contributed by atoms with Gasteiger partial charge in [-0.25, -0.2) is 4.98 Å². The van der Waals surface area contributed by atoms with E-state index in [2.05, 4.69) is 66.6 Å². The van der Waals surface area contributed by atoms with Gasteiger partial charge in [-0.15, -0.1) is 0 Å². The summed E-state index contributed by atoms with van der Waals surface area (Å²) in [5.41, 5.74) is 8.01. The maximum atomic E-state index is 12.2. The van der Waals surface area contributed by atoms with Gasteiger partial charge in [-0.2, -0.15) is 5.10 Å². The molecule has 1 aromatic carbocycles. The average Bonchev–Trinajstić information content (AvgIpc) is 3.55. The van der Waals surface area contributed by atoms with E-state index in [9.17, 15) is 4.79 Å². The van der Waals surface area contributed by atoms with Gasteiger partial charge in [0, 0.05) is 60.4 Å². The fourth-order valence-corrected chi connectivity index (χ4v) is 5.08. The molecule has 4 aromatic heterocycles. The van der Waals surface area contributed by atoms with Crippen LogP contribution in [0.5, 0.6) is 0 Å². The number of fused-ring (bicyclic) bond motifs is 2. The van der Waals surface area contributed by atoms with E-state index in [4.69, 9.17) is 4.98 Å². The van der Waals surface area contributed by atoms with Crippen molar-refractivity contribution in [1.29, 1.82) is 0 Å². The predicted octanol–water partition coefficient (Wildman–Crippen LogP) is 4.27. The Labute approximate surface area is 213 Å². The molecule has 5 aromatic rings. The van der Waals surface area contributed by atoms with Crippen molar-refractivity contribution in [2.75, 3.05) is 43.4 Å². The number of carbonyl (C=O) groups excluding carboxylic acids is 1. The van der Waals surface area contributed by atoms with Crippen LogP contribution in [0.15, 0.2) is 54.9 Å². The minimum atomic E-state index is 0.0641. The van der Waals surface area contributed by atoms with Crippen molar-refractivity contribution in [2.45, 2.75) is 12.8 Å². The monoisotopic (exact) mass is 492 g/mol. The minimum absolute atomic E-state index is 0.0641.